The number of tetrazole rings is 1. The molecule has 0 saturated heterocycles. The Kier molecular flexibility index (Phi) is 4.61. The third-order valence-electron chi connectivity index (χ3n) is 2.60. The Bertz CT molecular complexity index is 667. The Labute approximate surface area is 120 Å². The second-order valence-electron chi connectivity index (χ2n) is 3.97. The number of hydrogen-bond acceptors (Lipinski definition) is 7. The number of thioether (sulfide) groups is 1. The van der Waals surface area contributed by atoms with E-state index in [-0.39, 0.29) is 17.3 Å². The largest absolute Gasteiger partial charge is 0.508 e. The average Bonchev–Trinajstić information content (AvgIpc) is 2.88. The van der Waals surface area contributed by atoms with Crippen LogP contribution in [0.2, 0.25) is 0 Å². The molecule has 7 nitrogen and oxygen atoms in total. The van der Waals surface area contributed by atoms with Crippen LogP contribution in [0.5, 0.6) is 5.75 Å². The molecule has 0 aliphatic carbocycles. The van der Waals surface area contributed by atoms with Gasteiger partial charge in [0, 0.05) is 11.5 Å². The molecule has 0 bridgehead atoms. The molecule has 1 aromatic carbocycles. The topological polar surface area (TPSA) is 98.0 Å². The standard InChI is InChI=1S/C11H14N4O3S2/c1-2-20(17,18)8-7-19-11-12-13-14-15(11)9-3-5-10(16)6-4-9/h3-6,16H,2,7-8H2,1H3. The van der Waals surface area contributed by atoms with Crippen LogP contribution >= 0.6 is 11.8 Å². The number of phenols is 1. The van der Waals surface area contributed by atoms with Crippen molar-refractivity contribution >= 4 is 21.6 Å². The van der Waals surface area contributed by atoms with Crippen molar-refractivity contribution in [2.24, 2.45) is 0 Å². The molecule has 0 aliphatic rings. The number of aromatic hydroxyl groups is 1. The van der Waals surface area contributed by atoms with Gasteiger partial charge in [-0.25, -0.2) is 8.42 Å². The monoisotopic (exact) mass is 314 g/mol. The van der Waals surface area contributed by atoms with Crippen molar-refractivity contribution in [1.29, 1.82) is 0 Å². The minimum atomic E-state index is -2.99. The molecule has 1 heterocycles. The van der Waals surface area contributed by atoms with Crippen LogP contribution in [-0.2, 0) is 9.84 Å². The van der Waals surface area contributed by atoms with Gasteiger partial charge in [-0.05, 0) is 34.7 Å². The minimum Gasteiger partial charge on any atom is -0.508 e. The number of phenolic OH excluding ortho intramolecular Hbond substituents is 1. The van der Waals surface area contributed by atoms with Gasteiger partial charge in [-0.15, -0.1) is 5.10 Å². The summed E-state index contributed by atoms with van der Waals surface area (Å²) in [5.74, 6) is 0.784. The first-order valence-corrected chi connectivity index (χ1v) is 8.73. The normalized spacial score (nSPS) is 11.7. The average molecular weight is 314 g/mol. The van der Waals surface area contributed by atoms with Gasteiger partial charge in [0.1, 0.15) is 5.75 Å². The van der Waals surface area contributed by atoms with Gasteiger partial charge in [0.25, 0.3) is 0 Å². The van der Waals surface area contributed by atoms with E-state index in [0.717, 1.165) is 0 Å². The van der Waals surface area contributed by atoms with Gasteiger partial charge in [-0.3, -0.25) is 0 Å². The van der Waals surface area contributed by atoms with Crippen LogP contribution in [0.25, 0.3) is 5.69 Å². The van der Waals surface area contributed by atoms with Gasteiger partial charge in [-0.1, -0.05) is 18.7 Å². The van der Waals surface area contributed by atoms with Gasteiger partial charge in [-0.2, -0.15) is 4.68 Å². The molecular weight excluding hydrogens is 300 g/mol. The first-order chi connectivity index (χ1) is 9.52. The maximum atomic E-state index is 11.4. The molecule has 9 heteroatoms. The lowest BCUT2D eigenvalue weighted by Crippen LogP contribution is -2.11. The van der Waals surface area contributed by atoms with Gasteiger partial charge in [0.05, 0.1) is 11.4 Å². The molecule has 2 aromatic rings. The highest BCUT2D eigenvalue weighted by molar-refractivity contribution is 8.00. The summed E-state index contributed by atoms with van der Waals surface area (Å²) < 4.78 is 24.3. The highest BCUT2D eigenvalue weighted by Crippen LogP contribution is 2.20. The SMILES string of the molecule is CCS(=O)(=O)CCSc1nnnn1-c1ccc(O)cc1. The van der Waals surface area contributed by atoms with Gasteiger partial charge < -0.3 is 5.11 Å². The molecule has 0 spiro atoms. The second kappa shape index (κ2) is 6.23. The Morgan fingerprint density at radius 1 is 1.30 bits per heavy atom. The molecule has 0 radical (unpaired) electrons. The summed E-state index contributed by atoms with van der Waals surface area (Å²) in [6, 6.07) is 6.43. The van der Waals surface area contributed by atoms with Gasteiger partial charge in [0.2, 0.25) is 5.16 Å². The lowest BCUT2D eigenvalue weighted by molar-refractivity contribution is 0.475. The highest BCUT2D eigenvalue weighted by Gasteiger charge is 2.12. The van der Waals surface area contributed by atoms with Crippen molar-refractivity contribution < 1.29 is 13.5 Å². The van der Waals surface area contributed by atoms with Crippen molar-refractivity contribution in [3.8, 4) is 11.4 Å². The third kappa shape index (κ3) is 3.70. The summed E-state index contributed by atoms with van der Waals surface area (Å²) in [7, 11) is -2.99. The number of aromatic nitrogens is 4. The number of sulfone groups is 1. The summed E-state index contributed by atoms with van der Waals surface area (Å²) in [6.07, 6.45) is 0. The van der Waals surface area contributed by atoms with E-state index in [1.54, 1.807) is 19.1 Å². The molecule has 0 atom stereocenters. The second-order valence-corrected chi connectivity index (χ2v) is 7.51. The number of hydrogen-bond donors (Lipinski definition) is 1. The summed E-state index contributed by atoms with van der Waals surface area (Å²) in [4.78, 5) is 0. The van der Waals surface area contributed by atoms with E-state index in [4.69, 9.17) is 0 Å². The van der Waals surface area contributed by atoms with E-state index in [0.29, 0.717) is 16.6 Å². The zero-order valence-electron chi connectivity index (χ0n) is 10.8. The summed E-state index contributed by atoms with van der Waals surface area (Å²) >= 11 is 1.28. The molecule has 1 aromatic heterocycles. The van der Waals surface area contributed by atoms with Crippen LogP contribution in [-0.4, -0.2) is 51.0 Å². The van der Waals surface area contributed by atoms with E-state index in [9.17, 15) is 13.5 Å². The van der Waals surface area contributed by atoms with Crippen LogP contribution in [0.1, 0.15) is 6.92 Å². The van der Waals surface area contributed by atoms with Crippen LogP contribution in [0.15, 0.2) is 29.4 Å². The van der Waals surface area contributed by atoms with Crippen LogP contribution in [0.4, 0.5) is 0 Å². The first-order valence-electron chi connectivity index (χ1n) is 5.93. The Hall–Kier alpha value is -1.61. The quantitative estimate of drug-likeness (QED) is 0.791. The molecular formula is C11H14N4O3S2. The fourth-order valence-corrected chi connectivity index (χ4v) is 3.61. The van der Waals surface area contributed by atoms with Crippen molar-refractivity contribution in [2.45, 2.75) is 12.1 Å². The van der Waals surface area contributed by atoms with Gasteiger partial charge >= 0.3 is 0 Å². The zero-order valence-corrected chi connectivity index (χ0v) is 12.4. The molecule has 0 unspecified atom stereocenters. The van der Waals surface area contributed by atoms with Crippen molar-refractivity contribution in [3.05, 3.63) is 24.3 Å². The maximum Gasteiger partial charge on any atom is 0.214 e. The molecule has 0 aliphatic heterocycles. The molecule has 20 heavy (non-hydrogen) atoms. The Morgan fingerprint density at radius 3 is 2.65 bits per heavy atom. The van der Waals surface area contributed by atoms with E-state index in [1.807, 2.05) is 0 Å². The molecule has 0 fully saturated rings. The molecule has 1 N–H and O–H groups in total. The third-order valence-corrected chi connectivity index (χ3v) is 5.49. The number of nitrogens with zero attached hydrogens (tertiary/aromatic N) is 4. The van der Waals surface area contributed by atoms with Crippen molar-refractivity contribution in [1.82, 2.24) is 20.2 Å². The minimum absolute atomic E-state index is 0.0939. The first kappa shape index (κ1) is 14.8. The predicted molar refractivity (Wildman–Crippen MR) is 75.9 cm³/mol. The lowest BCUT2D eigenvalue weighted by Gasteiger charge is -2.04. The van der Waals surface area contributed by atoms with E-state index < -0.39 is 9.84 Å². The summed E-state index contributed by atoms with van der Waals surface area (Å²) in [6.45, 7) is 1.63. The van der Waals surface area contributed by atoms with Crippen LogP contribution in [0, 0.1) is 0 Å². The van der Waals surface area contributed by atoms with Crippen molar-refractivity contribution in [3.63, 3.8) is 0 Å². The van der Waals surface area contributed by atoms with E-state index in [1.165, 1.54) is 28.6 Å². The smallest absolute Gasteiger partial charge is 0.214 e. The molecule has 0 amide bonds. The molecule has 108 valence electrons. The number of benzene rings is 1. The zero-order chi connectivity index (χ0) is 14.6. The fraction of sp³-hybridized carbons (Fsp3) is 0.364. The lowest BCUT2D eigenvalue weighted by atomic mass is 10.3. The van der Waals surface area contributed by atoms with Crippen molar-refractivity contribution in [2.75, 3.05) is 17.3 Å². The summed E-state index contributed by atoms with van der Waals surface area (Å²) in [5.41, 5.74) is 0.702. The Morgan fingerprint density at radius 2 is 2.00 bits per heavy atom. The predicted octanol–water partition coefficient (Wildman–Crippen LogP) is 0.895. The number of rotatable bonds is 6. The van der Waals surface area contributed by atoms with E-state index in [2.05, 4.69) is 15.5 Å². The summed E-state index contributed by atoms with van der Waals surface area (Å²) in [5, 5.41) is 21.1. The Balaban J connectivity index is 2.08. The van der Waals surface area contributed by atoms with E-state index >= 15 is 0 Å². The molecule has 2 rings (SSSR count). The highest BCUT2D eigenvalue weighted by atomic mass is 32.2. The fourth-order valence-electron chi connectivity index (χ4n) is 1.43. The van der Waals surface area contributed by atoms with Crippen LogP contribution < -0.4 is 0 Å². The molecule has 0 saturated carbocycles. The van der Waals surface area contributed by atoms with Crippen LogP contribution in [0.3, 0.4) is 0 Å². The van der Waals surface area contributed by atoms with Gasteiger partial charge in [0.15, 0.2) is 9.84 Å². The maximum absolute atomic E-state index is 11.4.